The largest absolute Gasteiger partial charge is 0.303 e. The molecule has 2 nitrogen and oxygen atoms in total. The quantitative estimate of drug-likeness (QED) is 0.924. The van der Waals surface area contributed by atoms with Gasteiger partial charge in [-0.15, -0.1) is 0 Å². The Kier molecular flexibility index (Phi) is 3.66. The standard InChI is InChI=1S/C18H19NO/c1-13-6-2-3-7-14(13)11-18(20)17-10-15-8-4-5-9-16(15)12-19-17/h2-9,17,19H,10-12H2,1H3. The number of Topliss-reactive ketones (excluding diaryl/α,β-unsaturated/α-hetero) is 1. The van der Waals surface area contributed by atoms with E-state index >= 15 is 0 Å². The SMILES string of the molecule is Cc1ccccc1CC(=O)C1Cc2ccccc2CN1. The normalized spacial score (nSPS) is 17.6. The van der Waals surface area contributed by atoms with Gasteiger partial charge in [0.1, 0.15) is 0 Å². The van der Waals surface area contributed by atoms with E-state index in [4.69, 9.17) is 0 Å². The van der Waals surface area contributed by atoms with E-state index in [9.17, 15) is 4.79 Å². The average Bonchev–Trinajstić information content (AvgIpc) is 2.49. The van der Waals surface area contributed by atoms with Crippen LogP contribution in [0.15, 0.2) is 48.5 Å². The number of benzene rings is 2. The Morgan fingerprint density at radius 2 is 1.80 bits per heavy atom. The van der Waals surface area contributed by atoms with Crippen molar-refractivity contribution in [3.05, 3.63) is 70.8 Å². The van der Waals surface area contributed by atoms with Crippen molar-refractivity contribution in [2.75, 3.05) is 0 Å². The summed E-state index contributed by atoms with van der Waals surface area (Å²) in [6.45, 7) is 2.85. The Bertz CT molecular complexity index is 633. The van der Waals surface area contributed by atoms with Crippen molar-refractivity contribution in [1.82, 2.24) is 5.32 Å². The van der Waals surface area contributed by atoms with Gasteiger partial charge >= 0.3 is 0 Å². The van der Waals surface area contributed by atoms with Gasteiger partial charge in [-0.3, -0.25) is 4.79 Å². The first-order valence-corrected chi connectivity index (χ1v) is 7.11. The molecule has 1 atom stereocenters. The molecule has 1 aliphatic rings. The summed E-state index contributed by atoms with van der Waals surface area (Å²) in [7, 11) is 0. The number of fused-ring (bicyclic) bond motifs is 1. The van der Waals surface area contributed by atoms with Gasteiger partial charge in [-0.05, 0) is 35.6 Å². The number of rotatable bonds is 3. The van der Waals surface area contributed by atoms with Crippen molar-refractivity contribution in [2.45, 2.75) is 32.4 Å². The van der Waals surface area contributed by atoms with Gasteiger partial charge in [-0.25, -0.2) is 0 Å². The van der Waals surface area contributed by atoms with Crippen LogP contribution in [0.25, 0.3) is 0 Å². The molecule has 1 heterocycles. The smallest absolute Gasteiger partial charge is 0.154 e. The topological polar surface area (TPSA) is 29.1 Å². The lowest BCUT2D eigenvalue weighted by molar-refractivity contribution is -0.120. The Morgan fingerprint density at radius 3 is 2.60 bits per heavy atom. The molecule has 2 aromatic rings. The van der Waals surface area contributed by atoms with Crippen LogP contribution in [-0.4, -0.2) is 11.8 Å². The molecule has 1 unspecified atom stereocenters. The molecule has 0 radical (unpaired) electrons. The van der Waals surface area contributed by atoms with E-state index in [0.29, 0.717) is 6.42 Å². The second kappa shape index (κ2) is 5.59. The fraction of sp³-hybridized carbons (Fsp3) is 0.278. The highest BCUT2D eigenvalue weighted by molar-refractivity contribution is 5.87. The Labute approximate surface area is 119 Å². The zero-order valence-corrected chi connectivity index (χ0v) is 11.7. The highest BCUT2D eigenvalue weighted by atomic mass is 16.1. The molecular weight excluding hydrogens is 246 g/mol. The van der Waals surface area contributed by atoms with E-state index in [-0.39, 0.29) is 11.8 Å². The summed E-state index contributed by atoms with van der Waals surface area (Å²) in [4.78, 5) is 12.5. The second-order valence-electron chi connectivity index (χ2n) is 5.48. The van der Waals surface area contributed by atoms with Crippen LogP contribution in [0.4, 0.5) is 0 Å². The van der Waals surface area contributed by atoms with Crippen molar-refractivity contribution in [2.24, 2.45) is 0 Å². The van der Waals surface area contributed by atoms with Gasteiger partial charge in [0.25, 0.3) is 0 Å². The van der Waals surface area contributed by atoms with Gasteiger partial charge in [0.2, 0.25) is 0 Å². The van der Waals surface area contributed by atoms with Crippen LogP contribution < -0.4 is 5.32 Å². The van der Waals surface area contributed by atoms with Crippen molar-refractivity contribution >= 4 is 5.78 Å². The third-order valence-electron chi connectivity index (χ3n) is 4.10. The summed E-state index contributed by atoms with van der Waals surface area (Å²) >= 11 is 0. The summed E-state index contributed by atoms with van der Waals surface area (Å²) in [6.07, 6.45) is 1.33. The van der Waals surface area contributed by atoms with Gasteiger partial charge < -0.3 is 5.32 Å². The molecule has 1 N–H and O–H groups in total. The molecule has 2 heteroatoms. The number of hydrogen-bond acceptors (Lipinski definition) is 2. The molecule has 3 rings (SSSR count). The van der Waals surface area contributed by atoms with Crippen LogP contribution >= 0.6 is 0 Å². The summed E-state index contributed by atoms with van der Waals surface area (Å²) in [5.41, 5.74) is 4.94. The van der Waals surface area contributed by atoms with E-state index in [1.165, 1.54) is 16.7 Å². The fourth-order valence-corrected chi connectivity index (χ4v) is 2.80. The molecule has 0 saturated carbocycles. The highest BCUT2D eigenvalue weighted by Gasteiger charge is 2.23. The zero-order valence-electron chi connectivity index (χ0n) is 11.7. The van der Waals surface area contributed by atoms with E-state index < -0.39 is 0 Å². The van der Waals surface area contributed by atoms with Gasteiger partial charge in [-0.2, -0.15) is 0 Å². The molecule has 102 valence electrons. The average molecular weight is 265 g/mol. The van der Waals surface area contributed by atoms with Crippen LogP contribution in [0.5, 0.6) is 0 Å². The Morgan fingerprint density at radius 1 is 1.10 bits per heavy atom. The van der Waals surface area contributed by atoms with Gasteiger partial charge in [0, 0.05) is 13.0 Å². The van der Waals surface area contributed by atoms with Crippen LogP contribution in [0.2, 0.25) is 0 Å². The van der Waals surface area contributed by atoms with E-state index in [1.807, 2.05) is 24.3 Å². The Balaban J connectivity index is 1.72. The molecule has 20 heavy (non-hydrogen) atoms. The number of ketones is 1. The summed E-state index contributed by atoms with van der Waals surface area (Å²) in [5, 5.41) is 3.37. The number of aryl methyl sites for hydroxylation is 1. The molecule has 0 aliphatic carbocycles. The zero-order chi connectivity index (χ0) is 13.9. The van der Waals surface area contributed by atoms with E-state index in [2.05, 4.69) is 36.5 Å². The minimum Gasteiger partial charge on any atom is -0.303 e. The maximum Gasteiger partial charge on any atom is 0.154 e. The third kappa shape index (κ3) is 2.66. The molecular formula is C18H19NO. The van der Waals surface area contributed by atoms with Gasteiger partial charge in [0.05, 0.1) is 6.04 Å². The first-order chi connectivity index (χ1) is 9.74. The first-order valence-electron chi connectivity index (χ1n) is 7.11. The maximum atomic E-state index is 12.5. The lowest BCUT2D eigenvalue weighted by atomic mass is 9.91. The van der Waals surface area contributed by atoms with Crippen molar-refractivity contribution in [3.8, 4) is 0 Å². The minimum atomic E-state index is -0.0514. The van der Waals surface area contributed by atoms with Crippen LogP contribution in [0, 0.1) is 6.92 Å². The van der Waals surface area contributed by atoms with Crippen LogP contribution in [0.1, 0.15) is 22.3 Å². The van der Waals surface area contributed by atoms with Gasteiger partial charge in [-0.1, -0.05) is 48.5 Å². The molecule has 1 aliphatic heterocycles. The van der Waals surface area contributed by atoms with E-state index in [1.54, 1.807) is 0 Å². The highest BCUT2D eigenvalue weighted by Crippen LogP contribution is 2.18. The monoisotopic (exact) mass is 265 g/mol. The Hall–Kier alpha value is -1.93. The van der Waals surface area contributed by atoms with Crippen molar-refractivity contribution < 1.29 is 4.79 Å². The lowest BCUT2D eigenvalue weighted by Gasteiger charge is -2.25. The third-order valence-corrected chi connectivity index (χ3v) is 4.10. The molecule has 2 aromatic carbocycles. The predicted molar refractivity (Wildman–Crippen MR) is 80.7 cm³/mol. The molecule has 0 spiro atoms. The fourth-order valence-electron chi connectivity index (χ4n) is 2.80. The number of nitrogens with one attached hydrogen (secondary N) is 1. The summed E-state index contributed by atoms with van der Waals surface area (Å²) in [5.74, 6) is 0.286. The van der Waals surface area contributed by atoms with Gasteiger partial charge in [0.15, 0.2) is 5.78 Å². The van der Waals surface area contributed by atoms with Crippen molar-refractivity contribution in [1.29, 1.82) is 0 Å². The van der Waals surface area contributed by atoms with E-state index in [0.717, 1.165) is 18.5 Å². The first kappa shape index (κ1) is 13.1. The number of hydrogen-bond donors (Lipinski definition) is 1. The molecule has 0 fully saturated rings. The maximum absolute atomic E-state index is 12.5. The lowest BCUT2D eigenvalue weighted by Crippen LogP contribution is -2.42. The summed E-state index contributed by atoms with van der Waals surface area (Å²) < 4.78 is 0. The predicted octanol–water partition coefficient (Wildman–Crippen LogP) is 2.82. The minimum absolute atomic E-state index is 0.0514. The van der Waals surface area contributed by atoms with Crippen molar-refractivity contribution in [3.63, 3.8) is 0 Å². The molecule has 0 amide bonds. The second-order valence-corrected chi connectivity index (χ2v) is 5.48. The van der Waals surface area contributed by atoms with Crippen LogP contribution in [-0.2, 0) is 24.2 Å². The number of carbonyl (C=O) groups excluding carboxylic acids is 1. The number of carbonyl (C=O) groups is 1. The molecule has 0 bridgehead atoms. The molecule has 0 saturated heterocycles. The molecule has 0 aromatic heterocycles. The summed E-state index contributed by atoms with van der Waals surface area (Å²) in [6, 6.07) is 16.4. The van der Waals surface area contributed by atoms with Crippen LogP contribution in [0.3, 0.4) is 0 Å².